The van der Waals surface area contributed by atoms with E-state index in [1.807, 2.05) is 4.67 Å². The summed E-state index contributed by atoms with van der Waals surface area (Å²) >= 11 is 0. The molecule has 2 rings (SSSR count). The van der Waals surface area contributed by atoms with Gasteiger partial charge in [-0.3, -0.25) is 4.67 Å². The highest BCUT2D eigenvalue weighted by Gasteiger charge is 2.40. The van der Waals surface area contributed by atoms with Crippen molar-refractivity contribution < 1.29 is 14.9 Å². The zero-order valence-electron chi connectivity index (χ0n) is 11.8. The van der Waals surface area contributed by atoms with Gasteiger partial charge in [0.05, 0.1) is 18.8 Å². The highest BCUT2D eigenvalue weighted by Crippen LogP contribution is 2.27. The first-order chi connectivity index (χ1) is 9.10. The van der Waals surface area contributed by atoms with E-state index in [2.05, 4.69) is 9.39 Å². The predicted molar refractivity (Wildman–Crippen MR) is 78.9 cm³/mol. The molecule has 0 amide bonds. The zero-order valence-corrected chi connectivity index (χ0v) is 12.9. The van der Waals surface area contributed by atoms with Crippen molar-refractivity contribution in [2.75, 3.05) is 19.7 Å². The van der Waals surface area contributed by atoms with Crippen LogP contribution < -0.4 is 0 Å². The highest BCUT2D eigenvalue weighted by atomic mass is 31.0. The van der Waals surface area contributed by atoms with Gasteiger partial charge in [-0.2, -0.15) is 0 Å². The fourth-order valence-electron chi connectivity index (χ4n) is 3.00. The molecule has 0 spiro atoms. The Morgan fingerprint density at radius 3 is 2.42 bits per heavy atom. The maximum absolute atomic E-state index is 10.5. The average molecular weight is 289 g/mol. The molecule has 4 nitrogen and oxygen atoms in total. The number of rotatable bonds is 3. The summed E-state index contributed by atoms with van der Waals surface area (Å²) in [7, 11) is 2.58. The standard InChI is InChI=1S/C14H28NO3P/c16-13-10-15(19)9-8-14(13,17)11-18-12-6-4-2-1-3-5-7-12/h12-13,16-17H,1-11,19H2/t13-,14-/m1/s1. The van der Waals surface area contributed by atoms with Gasteiger partial charge in [0.25, 0.3) is 0 Å². The molecule has 1 aliphatic heterocycles. The number of hydrogen-bond acceptors (Lipinski definition) is 4. The molecule has 2 fully saturated rings. The van der Waals surface area contributed by atoms with Crippen LogP contribution in [0.2, 0.25) is 0 Å². The topological polar surface area (TPSA) is 52.9 Å². The van der Waals surface area contributed by atoms with E-state index in [1.165, 1.54) is 32.1 Å². The van der Waals surface area contributed by atoms with Crippen molar-refractivity contribution in [3.05, 3.63) is 0 Å². The number of hydrogen-bond donors (Lipinski definition) is 2. The largest absolute Gasteiger partial charge is 0.389 e. The van der Waals surface area contributed by atoms with Crippen LogP contribution >= 0.6 is 9.39 Å². The van der Waals surface area contributed by atoms with Gasteiger partial charge < -0.3 is 14.9 Å². The first-order valence-corrected chi connectivity index (χ1v) is 8.13. The molecular formula is C14H28NO3P. The Kier molecular flexibility index (Phi) is 6.04. The van der Waals surface area contributed by atoms with Crippen molar-refractivity contribution in [1.82, 2.24) is 4.67 Å². The molecule has 0 aromatic rings. The number of ether oxygens (including phenoxy) is 1. The minimum absolute atomic E-state index is 0.269. The lowest BCUT2D eigenvalue weighted by Crippen LogP contribution is -2.56. The molecule has 1 saturated heterocycles. The van der Waals surface area contributed by atoms with Crippen molar-refractivity contribution in [1.29, 1.82) is 0 Å². The second-order valence-corrected chi connectivity index (χ2v) is 6.87. The molecule has 2 N–H and O–H groups in total. The van der Waals surface area contributed by atoms with Gasteiger partial charge in [-0.15, -0.1) is 0 Å². The SMILES string of the molecule is O[C@@H]1CN(P)CC[C@@]1(O)COC1CCCCCCC1. The van der Waals surface area contributed by atoms with Gasteiger partial charge in [0.2, 0.25) is 0 Å². The second kappa shape index (κ2) is 7.33. The summed E-state index contributed by atoms with van der Waals surface area (Å²) in [4.78, 5) is 0. The lowest BCUT2D eigenvalue weighted by molar-refractivity contribution is -0.156. The van der Waals surface area contributed by atoms with Crippen molar-refractivity contribution in [3.8, 4) is 0 Å². The average Bonchev–Trinajstić information content (AvgIpc) is 2.33. The highest BCUT2D eigenvalue weighted by molar-refractivity contribution is 7.13. The van der Waals surface area contributed by atoms with Gasteiger partial charge in [-0.1, -0.05) is 41.5 Å². The van der Waals surface area contributed by atoms with Crippen LogP contribution in [0.4, 0.5) is 0 Å². The fourth-order valence-corrected chi connectivity index (χ4v) is 3.33. The van der Waals surface area contributed by atoms with Gasteiger partial charge in [0.1, 0.15) is 5.60 Å². The van der Waals surface area contributed by atoms with E-state index < -0.39 is 11.7 Å². The van der Waals surface area contributed by atoms with Crippen LogP contribution in [0.1, 0.15) is 51.4 Å². The van der Waals surface area contributed by atoms with Gasteiger partial charge in [-0.25, -0.2) is 0 Å². The van der Waals surface area contributed by atoms with Crippen molar-refractivity contribution in [2.45, 2.75) is 69.2 Å². The summed E-state index contributed by atoms with van der Waals surface area (Å²) in [6, 6.07) is 0. The number of aliphatic hydroxyl groups is 2. The third kappa shape index (κ3) is 4.64. The van der Waals surface area contributed by atoms with E-state index in [9.17, 15) is 10.2 Å². The Morgan fingerprint density at radius 2 is 1.79 bits per heavy atom. The van der Waals surface area contributed by atoms with Crippen LogP contribution in [0.15, 0.2) is 0 Å². The summed E-state index contributed by atoms with van der Waals surface area (Å²) < 4.78 is 7.90. The fraction of sp³-hybridized carbons (Fsp3) is 1.00. The number of β-amino-alcohol motifs (C(OH)–C–C–N with tert-alkyl or cyclic N) is 1. The first-order valence-electron chi connectivity index (χ1n) is 7.62. The smallest absolute Gasteiger partial charge is 0.116 e. The normalized spacial score (nSPS) is 35.8. The Bertz CT molecular complexity index is 271. The second-order valence-electron chi connectivity index (χ2n) is 6.14. The summed E-state index contributed by atoms with van der Waals surface area (Å²) in [5.41, 5.74) is -1.06. The number of nitrogens with zero attached hydrogens (tertiary/aromatic N) is 1. The molecule has 0 aromatic carbocycles. The Balaban J connectivity index is 1.79. The van der Waals surface area contributed by atoms with Crippen LogP contribution in [0.25, 0.3) is 0 Å². The lowest BCUT2D eigenvalue weighted by Gasteiger charge is -2.41. The predicted octanol–water partition coefficient (Wildman–Crippen LogP) is 1.70. The van der Waals surface area contributed by atoms with Gasteiger partial charge >= 0.3 is 0 Å². The lowest BCUT2D eigenvalue weighted by atomic mass is 9.90. The van der Waals surface area contributed by atoms with Crippen molar-refractivity contribution in [2.24, 2.45) is 0 Å². The monoisotopic (exact) mass is 289 g/mol. The molecule has 5 heteroatoms. The van der Waals surface area contributed by atoms with Gasteiger partial charge in [0, 0.05) is 13.1 Å². The maximum atomic E-state index is 10.5. The van der Waals surface area contributed by atoms with Crippen LogP contribution in [0.5, 0.6) is 0 Å². The molecule has 112 valence electrons. The van der Waals surface area contributed by atoms with E-state index in [4.69, 9.17) is 4.74 Å². The molecule has 0 radical (unpaired) electrons. The molecule has 1 saturated carbocycles. The van der Waals surface area contributed by atoms with Crippen molar-refractivity contribution >= 4 is 9.39 Å². The Hall–Kier alpha value is 0.270. The van der Waals surface area contributed by atoms with Gasteiger partial charge in [0.15, 0.2) is 0 Å². The molecule has 19 heavy (non-hydrogen) atoms. The summed E-state index contributed by atoms with van der Waals surface area (Å²) in [5.74, 6) is 0. The zero-order chi connectivity index (χ0) is 13.7. The van der Waals surface area contributed by atoms with E-state index in [0.717, 1.165) is 19.4 Å². The van der Waals surface area contributed by atoms with Crippen LogP contribution in [-0.4, -0.2) is 52.4 Å². The summed E-state index contributed by atoms with van der Waals surface area (Å²) in [6.45, 7) is 1.55. The molecule has 0 aromatic heterocycles. The Labute approximate surface area is 118 Å². The molecule has 2 aliphatic rings. The Morgan fingerprint density at radius 1 is 1.16 bits per heavy atom. The molecular weight excluding hydrogens is 261 g/mol. The van der Waals surface area contributed by atoms with E-state index in [0.29, 0.717) is 13.0 Å². The minimum Gasteiger partial charge on any atom is -0.389 e. The summed E-state index contributed by atoms with van der Waals surface area (Å²) in [5, 5.41) is 20.5. The van der Waals surface area contributed by atoms with Crippen LogP contribution in [-0.2, 0) is 4.74 Å². The van der Waals surface area contributed by atoms with E-state index in [-0.39, 0.29) is 12.7 Å². The molecule has 1 aliphatic carbocycles. The summed E-state index contributed by atoms with van der Waals surface area (Å²) in [6.07, 6.45) is 8.73. The van der Waals surface area contributed by atoms with E-state index in [1.54, 1.807) is 0 Å². The van der Waals surface area contributed by atoms with Crippen molar-refractivity contribution in [3.63, 3.8) is 0 Å². The maximum Gasteiger partial charge on any atom is 0.116 e. The third-order valence-corrected chi connectivity index (χ3v) is 4.95. The van der Waals surface area contributed by atoms with Crippen LogP contribution in [0.3, 0.4) is 0 Å². The third-order valence-electron chi connectivity index (χ3n) is 4.48. The molecule has 3 atom stereocenters. The number of piperidine rings is 1. The van der Waals surface area contributed by atoms with E-state index >= 15 is 0 Å². The molecule has 1 heterocycles. The first kappa shape index (κ1) is 15.7. The number of aliphatic hydroxyl groups excluding tert-OH is 1. The quantitative estimate of drug-likeness (QED) is 0.777. The molecule has 1 unspecified atom stereocenters. The van der Waals surface area contributed by atoms with Gasteiger partial charge in [-0.05, 0) is 19.3 Å². The van der Waals surface area contributed by atoms with Crippen LogP contribution in [0, 0.1) is 0 Å². The molecule has 0 bridgehead atoms. The minimum atomic E-state index is -1.06.